The highest BCUT2D eigenvalue weighted by molar-refractivity contribution is 5.98. The molecule has 26 heavy (non-hydrogen) atoms. The van der Waals surface area contributed by atoms with Crippen LogP contribution in [-0.4, -0.2) is 37.3 Å². The number of nitrogens with one attached hydrogen (secondary N) is 1. The molecule has 6 nitrogen and oxygen atoms in total. The van der Waals surface area contributed by atoms with Crippen molar-refractivity contribution in [2.24, 2.45) is 0 Å². The van der Waals surface area contributed by atoms with Crippen LogP contribution in [0.5, 0.6) is 17.4 Å². The van der Waals surface area contributed by atoms with Crippen molar-refractivity contribution in [2.75, 3.05) is 14.2 Å². The number of para-hydroxylation sites is 1. The largest absolute Gasteiger partial charge is 0.493 e. The van der Waals surface area contributed by atoms with Crippen LogP contribution in [0.15, 0.2) is 42.6 Å². The topological polar surface area (TPSA) is 69.7 Å². The number of hydrogen-bond acceptors (Lipinski definition) is 5. The lowest BCUT2D eigenvalue weighted by Crippen LogP contribution is -2.39. The van der Waals surface area contributed by atoms with Crippen LogP contribution in [0.3, 0.4) is 0 Å². The molecule has 6 heteroatoms. The minimum absolute atomic E-state index is 0.127. The van der Waals surface area contributed by atoms with Crippen LogP contribution in [0.4, 0.5) is 0 Å². The Hall–Kier alpha value is -2.76. The summed E-state index contributed by atoms with van der Waals surface area (Å²) in [5.74, 6) is 1.52. The maximum Gasteiger partial charge on any atom is 0.255 e. The summed E-state index contributed by atoms with van der Waals surface area (Å²) >= 11 is 0. The Morgan fingerprint density at radius 3 is 2.50 bits per heavy atom. The molecule has 1 aliphatic carbocycles. The van der Waals surface area contributed by atoms with Gasteiger partial charge in [0, 0.05) is 18.3 Å². The van der Waals surface area contributed by atoms with Gasteiger partial charge in [-0.05, 0) is 43.9 Å². The van der Waals surface area contributed by atoms with E-state index in [1.54, 1.807) is 31.5 Å². The Balaban J connectivity index is 1.55. The van der Waals surface area contributed by atoms with E-state index in [2.05, 4.69) is 10.3 Å². The molecular weight excluding hydrogens is 332 g/mol. The van der Waals surface area contributed by atoms with Crippen molar-refractivity contribution in [1.82, 2.24) is 10.3 Å². The van der Waals surface area contributed by atoms with Crippen molar-refractivity contribution in [3.63, 3.8) is 0 Å². The first-order chi connectivity index (χ1) is 12.7. The van der Waals surface area contributed by atoms with Gasteiger partial charge in [0.15, 0.2) is 11.5 Å². The Labute approximate surface area is 153 Å². The lowest BCUT2D eigenvalue weighted by atomic mass is 9.92. The summed E-state index contributed by atoms with van der Waals surface area (Å²) in [4.78, 5) is 16.8. The second-order valence-corrected chi connectivity index (χ2v) is 6.27. The van der Waals surface area contributed by atoms with Gasteiger partial charge in [-0.1, -0.05) is 12.1 Å². The molecule has 138 valence electrons. The standard InChI is InChI=1S/C20H24N2O4/c1-24-17-7-5-6-16(19(17)25-2)20(23)22-14-9-11-15(12-10-14)26-18-8-3-4-13-21-18/h3-8,13-15H,9-12H2,1-2H3,(H,22,23). The average Bonchev–Trinajstić information content (AvgIpc) is 2.69. The van der Waals surface area contributed by atoms with E-state index in [1.165, 1.54) is 7.11 Å². The van der Waals surface area contributed by atoms with Crippen molar-refractivity contribution in [1.29, 1.82) is 0 Å². The third-order valence-electron chi connectivity index (χ3n) is 4.58. The molecule has 0 aliphatic heterocycles. The Kier molecular flexibility index (Phi) is 5.94. The molecule has 0 radical (unpaired) electrons. The Bertz CT molecular complexity index is 728. The fourth-order valence-corrected chi connectivity index (χ4v) is 3.24. The highest BCUT2D eigenvalue weighted by atomic mass is 16.5. The van der Waals surface area contributed by atoms with Crippen molar-refractivity contribution < 1.29 is 19.0 Å². The van der Waals surface area contributed by atoms with Crippen LogP contribution < -0.4 is 19.5 Å². The molecule has 1 N–H and O–H groups in total. The molecule has 0 bridgehead atoms. The van der Waals surface area contributed by atoms with Crippen LogP contribution in [0.2, 0.25) is 0 Å². The zero-order valence-corrected chi connectivity index (χ0v) is 15.1. The predicted octanol–water partition coefficient (Wildman–Crippen LogP) is 3.22. The van der Waals surface area contributed by atoms with Crippen LogP contribution in [-0.2, 0) is 0 Å². The van der Waals surface area contributed by atoms with Gasteiger partial charge in [-0.2, -0.15) is 0 Å². The van der Waals surface area contributed by atoms with E-state index in [0.29, 0.717) is 22.9 Å². The SMILES string of the molecule is COc1cccc(C(=O)NC2CCC(Oc3ccccn3)CC2)c1OC. The van der Waals surface area contributed by atoms with Crippen LogP contribution in [0.25, 0.3) is 0 Å². The number of benzene rings is 1. The number of carbonyl (C=O) groups excluding carboxylic acids is 1. The van der Waals surface area contributed by atoms with E-state index in [1.807, 2.05) is 18.2 Å². The summed E-state index contributed by atoms with van der Waals surface area (Å²) in [6.45, 7) is 0. The maximum atomic E-state index is 12.6. The zero-order chi connectivity index (χ0) is 18.4. The van der Waals surface area contributed by atoms with Gasteiger partial charge in [0.1, 0.15) is 6.10 Å². The first kappa shape index (κ1) is 18.0. The summed E-state index contributed by atoms with van der Waals surface area (Å²) in [7, 11) is 3.09. The number of ether oxygens (including phenoxy) is 3. The van der Waals surface area contributed by atoms with Crippen LogP contribution in [0, 0.1) is 0 Å². The molecule has 0 saturated heterocycles. The summed E-state index contributed by atoms with van der Waals surface area (Å²) in [6, 6.07) is 11.1. The van der Waals surface area contributed by atoms with E-state index in [-0.39, 0.29) is 18.1 Å². The van der Waals surface area contributed by atoms with E-state index in [0.717, 1.165) is 25.7 Å². The van der Waals surface area contributed by atoms with Gasteiger partial charge in [0.25, 0.3) is 5.91 Å². The molecule has 1 fully saturated rings. The number of aromatic nitrogens is 1. The van der Waals surface area contributed by atoms with Gasteiger partial charge in [0.2, 0.25) is 5.88 Å². The van der Waals surface area contributed by atoms with Gasteiger partial charge in [0.05, 0.1) is 19.8 Å². The van der Waals surface area contributed by atoms with Crippen molar-refractivity contribution in [3.05, 3.63) is 48.2 Å². The molecule has 1 saturated carbocycles. The highest BCUT2D eigenvalue weighted by Gasteiger charge is 2.25. The summed E-state index contributed by atoms with van der Waals surface area (Å²) in [6.07, 6.45) is 5.38. The molecular formula is C20H24N2O4. The lowest BCUT2D eigenvalue weighted by Gasteiger charge is -2.29. The van der Waals surface area contributed by atoms with Crippen molar-refractivity contribution in [2.45, 2.75) is 37.8 Å². The molecule has 1 aromatic carbocycles. The third-order valence-corrected chi connectivity index (χ3v) is 4.58. The first-order valence-electron chi connectivity index (χ1n) is 8.80. The molecule has 1 heterocycles. The fourth-order valence-electron chi connectivity index (χ4n) is 3.24. The quantitative estimate of drug-likeness (QED) is 0.861. The van der Waals surface area contributed by atoms with Gasteiger partial charge in [-0.25, -0.2) is 4.98 Å². The Morgan fingerprint density at radius 1 is 1.04 bits per heavy atom. The number of rotatable bonds is 6. The molecule has 0 spiro atoms. The number of methoxy groups -OCH3 is 2. The van der Waals surface area contributed by atoms with E-state index in [4.69, 9.17) is 14.2 Å². The Morgan fingerprint density at radius 2 is 1.85 bits per heavy atom. The average molecular weight is 356 g/mol. The minimum atomic E-state index is -0.144. The molecule has 0 atom stereocenters. The van der Waals surface area contributed by atoms with Gasteiger partial charge < -0.3 is 19.5 Å². The summed E-state index contributed by atoms with van der Waals surface area (Å²) in [5, 5.41) is 3.10. The van der Waals surface area contributed by atoms with E-state index < -0.39 is 0 Å². The number of carbonyl (C=O) groups is 1. The molecule has 0 unspecified atom stereocenters. The van der Waals surface area contributed by atoms with Crippen LogP contribution >= 0.6 is 0 Å². The van der Waals surface area contributed by atoms with Crippen molar-refractivity contribution in [3.8, 4) is 17.4 Å². The number of pyridine rings is 1. The zero-order valence-electron chi connectivity index (χ0n) is 15.1. The maximum absolute atomic E-state index is 12.6. The van der Waals surface area contributed by atoms with Gasteiger partial charge >= 0.3 is 0 Å². The second-order valence-electron chi connectivity index (χ2n) is 6.27. The molecule has 2 aromatic rings. The number of amides is 1. The minimum Gasteiger partial charge on any atom is -0.493 e. The number of nitrogens with zero attached hydrogens (tertiary/aromatic N) is 1. The molecule has 1 aromatic heterocycles. The lowest BCUT2D eigenvalue weighted by molar-refractivity contribution is 0.0886. The first-order valence-corrected chi connectivity index (χ1v) is 8.80. The van der Waals surface area contributed by atoms with Gasteiger partial charge in [-0.3, -0.25) is 4.79 Å². The van der Waals surface area contributed by atoms with Gasteiger partial charge in [-0.15, -0.1) is 0 Å². The highest BCUT2D eigenvalue weighted by Crippen LogP contribution is 2.31. The van der Waals surface area contributed by atoms with Crippen molar-refractivity contribution >= 4 is 5.91 Å². The smallest absolute Gasteiger partial charge is 0.255 e. The summed E-state index contributed by atoms with van der Waals surface area (Å²) in [5.41, 5.74) is 0.485. The monoisotopic (exact) mass is 356 g/mol. The van der Waals surface area contributed by atoms with Crippen LogP contribution in [0.1, 0.15) is 36.0 Å². The molecule has 3 rings (SSSR count). The van der Waals surface area contributed by atoms with E-state index in [9.17, 15) is 4.79 Å². The predicted molar refractivity (Wildman–Crippen MR) is 97.9 cm³/mol. The third kappa shape index (κ3) is 4.25. The van der Waals surface area contributed by atoms with E-state index >= 15 is 0 Å². The fraction of sp³-hybridized carbons (Fsp3) is 0.400. The summed E-state index contributed by atoms with van der Waals surface area (Å²) < 4.78 is 16.5. The normalized spacial score (nSPS) is 19.5. The molecule has 1 aliphatic rings. The second kappa shape index (κ2) is 8.56. The molecule has 1 amide bonds. The number of hydrogen-bond donors (Lipinski definition) is 1.